The number of hydrogen-bond acceptors (Lipinski definition) is 9. The van der Waals surface area contributed by atoms with Crippen LogP contribution >= 0.6 is 11.8 Å². The van der Waals surface area contributed by atoms with E-state index >= 15 is 4.39 Å². The maximum absolute atomic E-state index is 16.8. The quantitative estimate of drug-likeness (QED) is 0.276. The van der Waals surface area contributed by atoms with Crippen LogP contribution in [0.25, 0.3) is 32.9 Å². The van der Waals surface area contributed by atoms with E-state index in [2.05, 4.69) is 31.0 Å². The number of ether oxygens (including phenoxy) is 1. The number of aromatic hydroxyl groups is 1. The number of hydrogen-bond donors (Lipinski definition) is 2. The molecule has 8 nitrogen and oxygen atoms in total. The maximum Gasteiger partial charge on any atom is 0.319 e. The summed E-state index contributed by atoms with van der Waals surface area (Å²) in [7, 11) is 0. The van der Waals surface area contributed by atoms with Gasteiger partial charge in [-0.3, -0.25) is 4.98 Å². The third kappa shape index (κ3) is 5.33. The number of halogens is 2. The second-order valence-corrected chi connectivity index (χ2v) is 14.1. The minimum Gasteiger partial charge on any atom is -0.508 e. The number of nitrogens with zero attached hydrogens (tertiary/aromatic N) is 5. The van der Waals surface area contributed by atoms with Gasteiger partial charge < -0.3 is 25.0 Å². The number of benzene rings is 2. The topological polar surface area (TPSA) is 86.6 Å². The van der Waals surface area contributed by atoms with E-state index in [4.69, 9.17) is 16.1 Å². The zero-order valence-electron chi connectivity index (χ0n) is 24.9. The molecule has 0 amide bonds. The first-order valence-electron chi connectivity index (χ1n) is 15.6. The molecule has 4 aliphatic rings. The van der Waals surface area contributed by atoms with Crippen LogP contribution in [-0.2, 0) is 0 Å². The van der Waals surface area contributed by atoms with Gasteiger partial charge in [-0.2, -0.15) is 21.7 Å². The molecule has 1 aliphatic carbocycles. The summed E-state index contributed by atoms with van der Waals surface area (Å²) in [6.07, 6.45) is 11.6. The SMILES string of the molecule is C#Cc1c(F)ccc2cc(O)cc(-c3ncc4c(N5C[C@H]6CC[C@@H](C5)N6)nc(OCC5(CN6CCSCC6)CC5)nc4c3F)c12. The number of fused-ring (bicyclic) bond motifs is 4. The van der Waals surface area contributed by atoms with E-state index in [0.29, 0.717) is 40.7 Å². The molecule has 8 rings (SSSR count). The summed E-state index contributed by atoms with van der Waals surface area (Å²) in [5, 5.41) is 15.4. The van der Waals surface area contributed by atoms with E-state index in [1.54, 1.807) is 6.20 Å². The van der Waals surface area contributed by atoms with Crippen molar-refractivity contribution >= 4 is 39.3 Å². The summed E-state index contributed by atoms with van der Waals surface area (Å²) in [5.74, 6) is 3.88. The van der Waals surface area contributed by atoms with Crippen molar-refractivity contribution in [3.8, 4) is 35.4 Å². The van der Waals surface area contributed by atoms with Crippen molar-refractivity contribution in [1.82, 2.24) is 25.2 Å². The van der Waals surface area contributed by atoms with Crippen LogP contribution in [0.4, 0.5) is 14.6 Å². The van der Waals surface area contributed by atoms with Gasteiger partial charge in [-0.15, -0.1) is 6.42 Å². The number of phenols is 1. The summed E-state index contributed by atoms with van der Waals surface area (Å²) in [4.78, 5) is 18.7. The maximum atomic E-state index is 16.8. The third-order valence-electron chi connectivity index (χ3n) is 9.74. The molecule has 2 aromatic carbocycles. The number of rotatable bonds is 7. The van der Waals surface area contributed by atoms with Crippen molar-refractivity contribution in [3.05, 3.63) is 47.7 Å². The fraction of sp³-hybridized carbons (Fsp3) is 0.441. The first kappa shape index (κ1) is 28.7. The largest absolute Gasteiger partial charge is 0.508 e. The van der Waals surface area contributed by atoms with Crippen LogP contribution in [0.3, 0.4) is 0 Å². The van der Waals surface area contributed by atoms with Gasteiger partial charge in [0.25, 0.3) is 0 Å². The first-order chi connectivity index (χ1) is 21.9. The van der Waals surface area contributed by atoms with E-state index in [9.17, 15) is 9.50 Å². The number of anilines is 1. The molecule has 2 atom stereocenters. The standard InChI is InChI=1S/C34H34F2N6O2S/c1-2-24-27(35)6-3-20-13-23(43)14-25(28(20)24)30-29(36)31-26(15-37-30)32(42-16-21-4-5-22(17-42)38-21)40-33(39-31)44-19-34(7-8-34)18-41-9-11-45-12-10-41/h1,3,6,13-15,21-22,38,43H,4-5,7-12,16-19H2/t21-,22+. The molecule has 0 spiro atoms. The van der Waals surface area contributed by atoms with Crippen LogP contribution in [0.2, 0.25) is 0 Å². The van der Waals surface area contributed by atoms with Crippen LogP contribution in [0, 0.1) is 29.4 Å². The van der Waals surface area contributed by atoms with Crippen molar-refractivity contribution < 1.29 is 18.6 Å². The fourth-order valence-corrected chi connectivity index (χ4v) is 8.19. The molecule has 4 aromatic rings. The Balaban J connectivity index is 1.22. The molecular formula is C34H34F2N6O2S. The van der Waals surface area contributed by atoms with Gasteiger partial charge >= 0.3 is 6.01 Å². The molecule has 0 unspecified atom stereocenters. The third-order valence-corrected chi connectivity index (χ3v) is 10.7. The smallest absolute Gasteiger partial charge is 0.319 e. The molecule has 3 saturated heterocycles. The minimum atomic E-state index is -0.704. The Bertz CT molecular complexity index is 1840. The molecule has 232 valence electrons. The number of terminal acetylenes is 1. The predicted octanol–water partition coefficient (Wildman–Crippen LogP) is 4.96. The average molecular weight is 629 g/mol. The van der Waals surface area contributed by atoms with Crippen LogP contribution in [0.1, 0.15) is 31.2 Å². The molecule has 1 saturated carbocycles. The summed E-state index contributed by atoms with van der Waals surface area (Å²) in [6, 6.07) is 6.39. The Morgan fingerprint density at radius 1 is 1.11 bits per heavy atom. The summed E-state index contributed by atoms with van der Waals surface area (Å²) >= 11 is 2.00. The van der Waals surface area contributed by atoms with Crippen molar-refractivity contribution in [2.24, 2.45) is 5.41 Å². The highest BCUT2D eigenvalue weighted by Gasteiger charge is 2.45. The van der Waals surface area contributed by atoms with Gasteiger partial charge in [0.15, 0.2) is 5.82 Å². The van der Waals surface area contributed by atoms with E-state index in [1.165, 1.54) is 24.3 Å². The lowest BCUT2D eigenvalue weighted by atomic mass is 9.96. The number of pyridine rings is 1. The Morgan fingerprint density at radius 2 is 1.89 bits per heavy atom. The highest BCUT2D eigenvalue weighted by molar-refractivity contribution is 7.99. The van der Waals surface area contributed by atoms with Gasteiger partial charge in [-0.1, -0.05) is 12.0 Å². The molecular weight excluding hydrogens is 594 g/mol. The van der Waals surface area contributed by atoms with Crippen LogP contribution in [0.5, 0.6) is 11.8 Å². The monoisotopic (exact) mass is 628 g/mol. The van der Waals surface area contributed by atoms with Crippen LogP contribution < -0.4 is 15.0 Å². The van der Waals surface area contributed by atoms with Crippen LogP contribution in [0.15, 0.2) is 30.5 Å². The lowest BCUT2D eigenvalue weighted by molar-refractivity contribution is 0.161. The highest BCUT2D eigenvalue weighted by atomic mass is 32.2. The second kappa shape index (κ2) is 11.3. The van der Waals surface area contributed by atoms with Gasteiger partial charge in [0.05, 0.1) is 17.6 Å². The first-order valence-corrected chi connectivity index (χ1v) is 16.8. The Labute approximate surface area is 264 Å². The lowest BCUT2D eigenvalue weighted by Gasteiger charge is -2.34. The van der Waals surface area contributed by atoms with Gasteiger partial charge in [0.2, 0.25) is 0 Å². The van der Waals surface area contributed by atoms with E-state index in [1.807, 2.05) is 11.8 Å². The van der Waals surface area contributed by atoms with Gasteiger partial charge in [-0.25, -0.2) is 8.78 Å². The summed E-state index contributed by atoms with van der Waals surface area (Å²) in [5.41, 5.74) is 0.222. The molecule has 4 fully saturated rings. The minimum absolute atomic E-state index is 0.0190. The van der Waals surface area contributed by atoms with Crippen molar-refractivity contribution in [1.29, 1.82) is 0 Å². The zero-order chi connectivity index (χ0) is 30.7. The summed E-state index contributed by atoms with van der Waals surface area (Å²) in [6.45, 7) is 5.11. The van der Waals surface area contributed by atoms with Gasteiger partial charge in [0, 0.05) is 78.9 Å². The molecule has 3 aliphatic heterocycles. The van der Waals surface area contributed by atoms with Crippen molar-refractivity contribution in [2.45, 2.75) is 37.8 Å². The van der Waals surface area contributed by atoms with Gasteiger partial charge in [0.1, 0.15) is 28.6 Å². The van der Waals surface area contributed by atoms with Crippen molar-refractivity contribution in [3.63, 3.8) is 0 Å². The van der Waals surface area contributed by atoms with E-state index in [-0.39, 0.29) is 39.5 Å². The lowest BCUT2D eigenvalue weighted by Crippen LogP contribution is -2.51. The van der Waals surface area contributed by atoms with E-state index in [0.717, 1.165) is 69.9 Å². The molecule has 2 N–H and O–H groups in total. The molecule has 2 bridgehead atoms. The van der Waals surface area contributed by atoms with Crippen LogP contribution in [-0.4, -0.2) is 87.9 Å². The number of nitrogens with one attached hydrogen (secondary N) is 1. The number of phenolic OH excluding ortho intramolecular Hbond substituents is 1. The van der Waals surface area contributed by atoms with Crippen molar-refractivity contribution in [2.75, 3.05) is 55.7 Å². The molecule has 5 heterocycles. The van der Waals surface area contributed by atoms with E-state index < -0.39 is 11.6 Å². The zero-order valence-corrected chi connectivity index (χ0v) is 25.7. The Morgan fingerprint density at radius 3 is 2.62 bits per heavy atom. The highest BCUT2D eigenvalue weighted by Crippen LogP contribution is 2.47. The Hall–Kier alpha value is -3.72. The predicted molar refractivity (Wildman–Crippen MR) is 173 cm³/mol. The second-order valence-electron chi connectivity index (χ2n) is 12.9. The number of thioether (sulfide) groups is 1. The normalized spacial score (nSPS) is 22.6. The fourth-order valence-electron chi connectivity index (χ4n) is 7.21. The molecule has 45 heavy (non-hydrogen) atoms. The molecule has 11 heteroatoms. The number of piperazine rings is 1. The Kier molecular flexibility index (Phi) is 7.19. The molecule has 0 radical (unpaired) electrons. The number of aromatic nitrogens is 3. The average Bonchev–Trinajstić information content (AvgIpc) is 3.73. The molecule has 2 aromatic heterocycles. The van der Waals surface area contributed by atoms with Gasteiger partial charge in [-0.05, 0) is 49.3 Å². The summed E-state index contributed by atoms with van der Waals surface area (Å²) < 4.78 is 37.9.